The summed E-state index contributed by atoms with van der Waals surface area (Å²) < 4.78 is 11.0. The van der Waals surface area contributed by atoms with Crippen LogP contribution in [0.1, 0.15) is 11.6 Å². The predicted octanol–water partition coefficient (Wildman–Crippen LogP) is 3.66. The highest BCUT2D eigenvalue weighted by Crippen LogP contribution is 2.50. The molecule has 2 aliphatic rings. The van der Waals surface area contributed by atoms with Gasteiger partial charge in [-0.2, -0.15) is 0 Å². The number of amides is 2. The lowest BCUT2D eigenvalue weighted by Gasteiger charge is -2.29. The smallest absolute Gasteiger partial charge is 0.269 e. The molecule has 5 rings (SSSR count). The van der Waals surface area contributed by atoms with Gasteiger partial charge in [0, 0.05) is 17.7 Å². The number of carbonyl (C=O) groups excluding carboxylic acids is 2. The lowest BCUT2D eigenvalue weighted by molar-refractivity contribution is -0.384. The molecule has 0 spiro atoms. The molecule has 0 unspecified atom stereocenters. The van der Waals surface area contributed by atoms with E-state index in [2.05, 4.69) is 0 Å². The molecular formula is C25H21N3O7. The molecule has 178 valence electrons. The van der Waals surface area contributed by atoms with Crippen molar-refractivity contribution in [2.45, 2.75) is 12.1 Å². The number of para-hydroxylation sites is 1. The number of hydrogen-bond donors (Lipinski definition) is 0. The summed E-state index contributed by atoms with van der Waals surface area (Å²) >= 11 is 0. The zero-order valence-electron chi connectivity index (χ0n) is 18.9. The van der Waals surface area contributed by atoms with Crippen LogP contribution in [0.4, 0.5) is 17.1 Å². The van der Waals surface area contributed by atoms with Gasteiger partial charge in [-0.3, -0.25) is 24.5 Å². The number of hydrogen-bond acceptors (Lipinski definition) is 8. The first-order valence-corrected chi connectivity index (χ1v) is 10.8. The largest absolute Gasteiger partial charge is 0.497 e. The molecule has 3 aromatic rings. The number of fused-ring (bicyclic) bond motifs is 1. The summed E-state index contributed by atoms with van der Waals surface area (Å²) in [5.74, 6) is -0.837. The van der Waals surface area contributed by atoms with Gasteiger partial charge in [-0.05, 0) is 42.5 Å². The fourth-order valence-electron chi connectivity index (χ4n) is 4.58. The van der Waals surface area contributed by atoms with Crippen molar-refractivity contribution in [1.82, 2.24) is 0 Å². The van der Waals surface area contributed by atoms with Gasteiger partial charge in [0.15, 0.2) is 6.10 Å². The van der Waals surface area contributed by atoms with Gasteiger partial charge in [0.05, 0.1) is 30.5 Å². The SMILES string of the molecule is COc1ccc(OC)c([C@@H]2[C@@H]3C(=O)N(c4ccc([N+](=O)[O-])cc4)C(=O)[C@H]3ON2c2ccccc2)c1. The second-order valence-corrected chi connectivity index (χ2v) is 8.05. The molecule has 3 atom stereocenters. The molecule has 0 N–H and O–H groups in total. The van der Waals surface area contributed by atoms with E-state index in [4.69, 9.17) is 14.3 Å². The number of hydroxylamine groups is 1. The van der Waals surface area contributed by atoms with Crippen molar-refractivity contribution < 1.29 is 28.8 Å². The third kappa shape index (κ3) is 3.64. The maximum absolute atomic E-state index is 13.7. The van der Waals surface area contributed by atoms with E-state index >= 15 is 0 Å². The summed E-state index contributed by atoms with van der Waals surface area (Å²) in [7, 11) is 3.06. The van der Waals surface area contributed by atoms with Crippen molar-refractivity contribution in [3.63, 3.8) is 0 Å². The van der Waals surface area contributed by atoms with Crippen LogP contribution in [0.2, 0.25) is 0 Å². The maximum atomic E-state index is 13.7. The Bertz CT molecular complexity index is 1300. The Hall–Kier alpha value is -4.44. The Balaban J connectivity index is 1.60. The molecular weight excluding hydrogens is 454 g/mol. The summed E-state index contributed by atoms with van der Waals surface area (Å²) in [6, 6.07) is 19.0. The Morgan fingerprint density at radius 3 is 2.23 bits per heavy atom. The van der Waals surface area contributed by atoms with Crippen molar-refractivity contribution in [3.8, 4) is 11.5 Å². The van der Waals surface area contributed by atoms with Gasteiger partial charge in [-0.25, -0.2) is 9.96 Å². The molecule has 2 fully saturated rings. The first kappa shape index (κ1) is 22.4. The zero-order chi connectivity index (χ0) is 24.7. The Kier molecular flexibility index (Phi) is 5.58. The number of nitro benzene ring substituents is 1. The molecule has 0 bridgehead atoms. The molecule has 2 aliphatic heterocycles. The topological polar surface area (TPSA) is 111 Å². The number of imide groups is 1. The number of nitro groups is 1. The molecule has 2 saturated heterocycles. The van der Waals surface area contributed by atoms with Crippen LogP contribution < -0.4 is 19.4 Å². The van der Waals surface area contributed by atoms with Crippen molar-refractivity contribution in [1.29, 1.82) is 0 Å². The van der Waals surface area contributed by atoms with E-state index in [1.54, 1.807) is 23.3 Å². The van der Waals surface area contributed by atoms with Crippen LogP contribution >= 0.6 is 0 Å². The molecule has 0 aromatic heterocycles. The van der Waals surface area contributed by atoms with Gasteiger partial charge in [-0.1, -0.05) is 18.2 Å². The second-order valence-electron chi connectivity index (χ2n) is 8.05. The highest BCUT2D eigenvalue weighted by molar-refractivity contribution is 6.24. The molecule has 2 heterocycles. The van der Waals surface area contributed by atoms with E-state index in [9.17, 15) is 19.7 Å². The molecule has 0 saturated carbocycles. The lowest BCUT2D eigenvalue weighted by atomic mass is 9.89. The number of nitrogens with zero attached hydrogens (tertiary/aromatic N) is 3. The molecule has 10 heteroatoms. The summed E-state index contributed by atoms with van der Waals surface area (Å²) in [5, 5.41) is 12.6. The van der Waals surface area contributed by atoms with Gasteiger partial charge in [0.25, 0.3) is 11.6 Å². The third-order valence-electron chi connectivity index (χ3n) is 6.20. The van der Waals surface area contributed by atoms with Gasteiger partial charge in [0.1, 0.15) is 23.5 Å². The van der Waals surface area contributed by atoms with Crippen molar-refractivity contribution in [3.05, 3.63) is 88.5 Å². The second kappa shape index (κ2) is 8.73. The molecule has 2 amide bonds. The van der Waals surface area contributed by atoms with Crippen molar-refractivity contribution in [2.24, 2.45) is 5.92 Å². The minimum atomic E-state index is -1.08. The van der Waals surface area contributed by atoms with Gasteiger partial charge in [-0.15, -0.1) is 0 Å². The standard InChI is InChI=1S/C25H21N3O7/c1-33-18-12-13-20(34-2)19(14-18)22-21-23(35-27(22)16-6-4-3-5-7-16)25(30)26(24(21)29)15-8-10-17(11-9-15)28(31)32/h3-14,21-23H,1-2H3/t21-,22+,23-/m0/s1. The number of ether oxygens (including phenoxy) is 2. The highest BCUT2D eigenvalue weighted by atomic mass is 16.7. The molecule has 0 aliphatic carbocycles. The third-order valence-corrected chi connectivity index (χ3v) is 6.20. The summed E-state index contributed by atoms with van der Waals surface area (Å²) in [4.78, 5) is 44.8. The monoisotopic (exact) mass is 475 g/mol. The average molecular weight is 475 g/mol. The Morgan fingerprint density at radius 1 is 0.886 bits per heavy atom. The normalized spacial score (nSPS) is 21.3. The van der Waals surface area contributed by atoms with E-state index in [0.717, 1.165) is 4.90 Å². The Morgan fingerprint density at radius 2 is 1.60 bits per heavy atom. The van der Waals surface area contributed by atoms with Crippen LogP contribution in [-0.4, -0.2) is 37.1 Å². The van der Waals surface area contributed by atoms with Gasteiger partial charge < -0.3 is 9.47 Å². The maximum Gasteiger partial charge on any atom is 0.269 e. The van der Waals surface area contributed by atoms with Crippen LogP contribution in [0.5, 0.6) is 11.5 Å². The number of anilines is 2. The van der Waals surface area contributed by atoms with Crippen LogP contribution in [0.25, 0.3) is 0 Å². The van der Waals surface area contributed by atoms with Crippen LogP contribution in [0.15, 0.2) is 72.8 Å². The van der Waals surface area contributed by atoms with E-state index in [0.29, 0.717) is 22.7 Å². The minimum absolute atomic E-state index is 0.140. The Labute approximate surface area is 200 Å². The first-order valence-electron chi connectivity index (χ1n) is 10.8. The van der Waals surface area contributed by atoms with Crippen LogP contribution in [-0.2, 0) is 14.4 Å². The molecule has 35 heavy (non-hydrogen) atoms. The van der Waals surface area contributed by atoms with E-state index in [1.807, 2.05) is 30.3 Å². The van der Waals surface area contributed by atoms with E-state index < -0.39 is 34.8 Å². The van der Waals surface area contributed by atoms with Gasteiger partial charge in [0.2, 0.25) is 5.91 Å². The molecule has 10 nitrogen and oxygen atoms in total. The van der Waals surface area contributed by atoms with Crippen molar-refractivity contribution in [2.75, 3.05) is 24.2 Å². The zero-order valence-corrected chi connectivity index (χ0v) is 18.9. The van der Waals surface area contributed by atoms with Crippen molar-refractivity contribution >= 4 is 28.9 Å². The summed E-state index contributed by atoms with van der Waals surface area (Å²) in [6.07, 6.45) is -1.08. The number of non-ortho nitro benzene ring substituents is 1. The van der Waals surface area contributed by atoms with Crippen LogP contribution in [0.3, 0.4) is 0 Å². The summed E-state index contributed by atoms with van der Waals surface area (Å²) in [5.41, 5.74) is 1.39. The van der Waals surface area contributed by atoms with E-state index in [-0.39, 0.29) is 11.4 Å². The van der Waals surface area contributed by atoms with E-state index in [1.165, 1.54) is 38.5 Å². The highest BCUT2D eigenvalue weighted by Gasteiger charge is 2.60. The first-order chi connectivity index (χ1) is 16.9. The summed E-state index contributed by atoms with van der Waals surface area (Å²) in [6.45, 7) is 0. The molecule has 3 aromatic carbocycles. The number of carbonyl (C=O) groups is 2. The fourth-order valence-corrected chi connectivity index (χ4v) is 4.58. The number of benzene rings is 3. The number of rotatable bonds is 6. The molecule has 0 radical (unpaired) electrons. The quantitative estimate of drug-likeness (QED) is 0.302. The average Bonchev–Trinajstić information content (AvgIpc) is 3.39. The van der Waals surface area contributed by atoms with Crippen LogP contribution in [0, 0.1) is 16.0 Å². The number of methoxy groups -OCH3 is 2. The lowest BCUT2D eigenvalue weighted by Crippen LogP contribution is -2.37. The minimum Gasteiger partial charge on any atom is -0.497 e. The van der Waals surface area contributed by atoms with Gasteiger partial charge >= 0.3 is 0 Å². The predicted molar refractivity (Wildman–Crippen MR) is 125 cm³/mol. The fraction of sp³-hybridized carbons (Fsp3) is 0.200.